The molecule has 3 fully saturated rings. The molecule has 0 N–H and O–H groups in total. The quantitative estimate of drug-likeness (QED) is 0.568. The van der Waals surface area contributed by atoms with Crippen LogP contribution in [0.25, 0.3) is 0 Å². The van der Waals surface area contributed by atoms with Crippen LogP contribution >= 0.6 is 0 Å². The van der Waals surface area contributed by atoms with Crippen LogP contribution in [0.5, 0.6) is 0 Å². The fourth-order valence-corrected chi connectivity index (χ4v) is 6.03. The van der Waals surface area contributed by atoms with Gasteiger partial charge >= 0.3 is 0 Å². The van der Waals surface area contributed by atoms with E-state index in [1.807, 2.05) is 0 Å². The van der Waals surface area contributed by atoms with E-state index in [1.165, 1.54) is 38.5 Å². The molecule has 4 atom stereocenters. The summed E-state index contributed by atoms with van der Waals surface area (Å²) in [6.45, 7) is 2.41. The normalized spacial score (nSPS) is 40.9. The topological polar surface area (TPSA) is 0 Å². The lowest BCUT2D eigenvalue weighted by atomic mass is 9.56. The molecule has 19 heavy (non-hydrogen) atoms. The largest absolute Gasteiger partial charge is 0.0654 e. The van der Waals surface area contributed by atoms with Gasteiger partial charge in [0.25, 0.3) is 0 Å². The maximum absolute atomic E-state index is 2.41. The van der Waals surface area contributed by atoms with Gasteiger partial charge in [-0.25, -0.2) is 0 Å². The first-order valence-electron chi connectivity index (χ1n) is 9.40. The minimum Gasteiger partial charge on any atom is -0.0654 e. The Labute approximate surface area is 120 Å². The molecule has 0 aromatic carbocycles. The third-order valence-electron chi connectivity index (χ3n) is 6.77. The third-order valence-corrected chi connectivity index (χ3v) is 6.77. The van der Waals surface area contributed by atoms with Crippen LogP contribution in [0.4, 0.5) is 0 Å². The van der Waals surface area contributed by atoms with Crippen molar-refractivity contribution < 1.29 is 0 Å². The van der Waals surface area contributed by atoms with Gasteiger partial charge in [0.1, 0.15) is 0 Å². The Morgan fingerprint density at radius 1 is 0.684 bits per heavy atom. The van der Waals surface area contributed by atoms with Crippen molar-refractivity contribution in [2.75, 3.05) is 0 Å². The summed E-state index contributed by atoms with van der Waals surface area (Å²) in [5, 5.41) is 0. The lowest BCUT2D eigenvalue weighted by molar-refractivity contribution is 0.000826. The zero-order chi connectivity index (χ0) is 13.1. The molecule has 0 aromatic rings. The van der Waals surface area contributed by atoms with Gasteiger partial charge < -0.3 is 0 Å². The second-order valence-corrected chi connectivity index (χ2v) is 7.81. The van der Waals surface area contributed by atoms with Gasteiger partial charge in [-0.2, -0.15) is 0 Å². The number of rotatable bonds is 3. The van der Waals surface area contributed by atoms with Crippen LogP contribution in [-0.4, -0.2) is 0 Å². The fourth-order valence-electron chi connectivity index (χ4n) is 6.03. The van der Waals surface area contributed by atoms with Crippen molar-refractivity contribution in [3.8, 4) is 0 Å². The Bertz CT molecular complexity index is 258. The van der Waals surface area contributed by atoms with Gasteiger partial charge in [0.2, 0.25) is 0 Å². The van der Waals surface area contributed by atoms with E-state index in [4.69, 9.17) is 0 Å². The lowest BCUT2D eigenvalue weighted by Gasteiger charge is -2.50. The van der Waals surface area contributed by atoms with Crippen LogP contribution in [-0.2, 0) is 0 Å². The Kier molecular flexibility index (Phi) is 4.87. The Hall–Kier alpha value is 0. The molecule has 0 spiro atoms. The number of hydrogen-bond donors (Lipinski definition) is 0. The van der Waals surface area contributed by atoms with Crippen molar-refractivity contribution >= 4 is 0 Å². The molecule has 0 nitrogen and oxygen atoms in total. The van der Waals surface area contributed by atoms with Gasteiger partial charge in [0.15, 0.2) is 0 Å². The molecule has 0 aliphatic heterocycles. The van der Waals surface area contributed by atoms with Gasteiger partial charge in [-0.1, -0.05) is 71.1 Å². The minimum atomic E-state index is 1.10. The van der Waals surface area contributed by atoms with Crippen LogP contribution < -0.4 is 0 Å². The predicted octanol–water partition coefficient (Wildman–Crippen LogP) is 6.20. The average molecular weight is 262 g/mol. The van der Waals surface area contributed by atoms with Gasteiger partial charge in [-0.05, 0) is 48.9 Å². The molecule has 3 rings (SSSR count). The highest BCUT2D eigenvalue weighted by atomic mass is 14.5. The first-order valence-corrected chi connectivity index (χ1v) is 9.40. The maximum atomic E-state index is 2.41. The monoisotopic (exact) mass is 262 g/mol. The molecule has 0 aromatic heterocycles. The smallest absolute Gasteiger partial charge is 0.0326 e. The highest BCUT2D eigenvalue weighted by Gasteiger charge is 2.43. The average Bonchev–Trinajstić information content (AvgIpc) is 2.48. The van der Waals surface area contributed by atoms with E-state index in [0.29, 0.717) is 0 Å². The van der Waals surface area contributed by atoms with Crippen molar-refractivity contribution in [3.63, 3.8) is 0 Å². The molecule has 0 saturated heterocycles. The van der Waals surface area contributed by atoms with Crippen molar-refractivity contribution in [1.82, 2.24) is 0 Å². The molecular formula is C19H34. The van der Waals surface area contributed by atoms with Gasteiger partial charge in [-0.15, -0.1) is 0 Å². The standard InChI is InChI=1S/C19H34/c1-2-8-16-14-13-15-9-6-7-12-18(15)19(16)17-10-4-3-5-11-17/h15-19H,2-14H2,1H3. The first-order chi connectivity index (χ1) is 9.40. The number of fused-ring (bicyclic) bond motifs is 1. The molecule has 3 aliphatic rings. The molecule has 0 amide bonds. The summed E-state index contributed by atoms with van der Waals surface area (Å²) in [5.74, 6) is 5.64. The fraction of sp³-hybridized carbons (Fsp3) is 1.00. The summed E-state index contributed by atoms with van der Waals surface area (Å²) in [7, 11) is 0. The van der Waals surface area contributed by atoms with Crippen LogP contribution in [0, 0.1) is 29.6 Å². The van der Waals surface area contributed by atoms with Crippen molar-refractivity contribution in [3.05, 3.63) is 0 Å². The van der Waals surface area contributed by atoms with E-state index >= 15 is 0 Å². The molecule has 0 heteroatoms. The van der Waals surface area contributed by atoms with Gasteiger partial charge in [0.05, 0.1) is 0 Å². The molecule has 4 unspecified atom stereocenters. The SMILES string of the molecule is CCCC1CCC2CCCCC2C1C1CCCCC1. The molecule has 3 aliphatic carbocycles. The second-order valence-electron chi connectivity index (χ2n) is 7.81. The van der Waals surface area contributed by atoms with E-state index in [1.54, 1.807) is 44.9 Å². The van der Waals surface area contributed by atoms with E-state index < -0.39 is 0 Å². The minimum absolute atomic E-state index is 1.10. The molecule has 110 valence electrons. The van der Waals surface area contributed by atoms with E-state index in [2.05, 4.69) is 6.92 Å². The Morgan fingerprint density at radius 3 is 2.16 bits per heavy atom. The molecule has 3 saturated carbocycles. The predicted molar refractivity (Wildman–Crippen MR) is 83.1 cm³/mol. The van der Waals surface area contributed by atoms with Crippen LogP contribution in [0.15, 0.2) is 0 Å². The van der Waals surface area contributed by atoms with Gasteiger partial charge in [-0.3, -0.25) is 0 Å². The summed E-state index contributed by atoms with van der Waals surface area (Å²) >= 11 is 0. The highest BCUT2D eigenvalue weighted by molar-refractivity contribution is 4.93. The van der Waals surface area contributed by atoms with Crippen LogP contribution in [0.3, 0.4) is 0 Å². The first kappa shape index (κ1) is 14.0. The summed E-state index contributed by atoms with van der Waals surface area (Å²) in [6, 6.07) is 0. The zero-order valence-electron chi connectivity index (χ0n) is 13.1. The summed E-state index contributed by atoms with van der Waals surface area (Å²) in [5.41, 5.74) is 0. The molecule has 0 bridgehead atoms. The Morgan fingerprint density at radius 2 is 1.37 bits per heavy atom. The van der Waals surface area contributed by atoms with E-state index in [0.717, 1.165) is 29.6 Å². The van der Waals surface area contributed by atoms with Crippen LogP contribution in [0.1, 0.15) is 90.4 Å². The van der Waals surface area contributed by atoms with E-state index in [9.17, 15) is 0 Å². The number of hydrogen-bond acceptors (Lipinski definition) is 0. The summed E-state index contributed by atoms with van der Waals surface area (Å²) in [4.78, 5) is 0. The van der Waals surface area contributed by atoms with E-state index in [-0.39, 0.29) is 0 Å². The molecule has 0 radical (unpaired) electrons. The summed E-state index contributed by atoms with van der Waals surface area (Å²) < 4.78 is 0. The second kappa shape index (κ2) is 6.64. The highest BCUT2D eigenvalue weighted by Crippen LogP contribution is 2.52. The maximum Gasteiger partial charge on any atom is -0.0326 e. The van der Waals surface area contributed by atoms with Crippen molar-refractivity contribution in [2.45, 2.75) is 90.4 Å². The molecular weight excluding hydrogens is 228 g/mol. The van der Waals surface area contributed by atoms with Crippen LogP contribution in [0.2, 0.25) is 0 Å². The Balaban J connectivity index is 1.74. The van der Waals surface area contributed by atoms with Crippen molar-refractivity contribution in [2.24, 2.45) is 29.6 Å². The lowest BCUT2D eigenvalue weighted by Crippen LogP contribution is -2.41. The zero-order valence-corrected chi connectivity index (χ0v) is 13.1. The third kappa shape index (κ3) is 3.03. The van der Waals surface area contributed by atoms with Crippen molar-refractivity contribution in [1.29, 1.82) is 0 Å². The van der Waals surface area contributed by atoms with Gasteiger partial charge in [0, 0.05) is 0 Å². The summed E-state index contributed by atoms with van der Waals surface area (Å²) in [6.07, 6.45) is 20.1. The molecule has 0 heterocycles.